The molecule has 0 aliphatic carbocycles. The predicted octanol–water partition coefficient (Wildman–Crippen LogP) is 3.55. The zero-order valence-corrected chi connectivity index (χ0v) is 21.0. The molecule has 0 saturated carbocycles. The Morgan fingerprint density at radius 2 is 1.82 bits per heavy atom. The van der Waals surface area contributed by atoms with Crippen molar-refractivity contribution in [2.75, 3.05) is 56.6 Å². The summed E-state index contributed by atoms with van der Waals surface area (Å²) in [6, 6.07) is 7.28. The number of phenolic OH excluding ortho intramolecular Hbond substituents is 1. The van der Waals surface area contributed by atoms with Crippen LogP contribution in [-0.4, -0.2) is 78.3 Å². The summed E-state index contributed by atoms with van der Waals surface area (Å²) in [5.74, 6) is -0.353. The zero-order chi connectivity index (χ0) is 24.1. The normalized spacial score (nSPS) is 13.6. The smallest absolute Gasteiger partial charge is 0.341 e. The van der Waals surface area contributed by atoms with Gasteiger partial charge in [0.1, 0.15) is 10.8 Å². The van der Waals surface area contributed by atoms with Gasteiger partial charge in [-0.25, -0.2) is 4.79 Å². The van der Waals surface area contributed by atoms with Crippen molar-refractivity contribution in [3.05, 3.63) is 40.3 Å². The highest BCUT2D eigenvalue weighted by atomic mass is 32.1. The first-order valence-electron chi connectivity index (χ1n) is 10.9. The van der Waals surface area contributed by atoms with E-state index in [0.717, 1.165) is 5.69 Å². The molecule has 2 heterocycles. The molecule has 33 heavy (non-hydrogen) atoms. The molecule has 8 nitrogen and oxygen atoms in total. The first-order chi connectivity index (χ1) is 15.8. The fourth-order valence-corrected chi connectivity index (χ4v) is 5.38. The van der Waals surface area contributed by atoms with Gasteiger partial charge in [0.05, 0.1) is 23.2 Å². The molecule has 1 aliphatic heterocycles. The van der Waals surface area contributed by atoms with Crippen LogP contribution in [0.4, 0.5) is 10.7 Å². The van der Waals surface area contributed by atoms with Gasteiger partial charge in [0, 0.05) is 39.3 Å². The molecule has 1 aromatic carbocycles. The molecule has 0 spiro atoms. The van der Waals surface area contributed by atoms with Gasteiger partial charge in [0.2, 0.25) is 0 Å². The first kappa shape index (κ1) is 24.8. The third kappa shape index (κ3) is 5.22. The summed E-state index contributed by atoms with van der Waals surface area (Å²) in [5, 5.41) is 14.3. The van der Waals surface area contributed by atoms with E-state index in [9.17, 15) is 14.7 Å². The van der Waals surface area contributed by atoms with Crippen LogP contribution in [-0.2, 0) is 4.74 Å². The van der Waals surface area contributed by atoms with Gasteiger partial charge in [-0.2, -0.15) is 0 Å². The number of aromatic hydroxyl groups is 1. The van der Waals surface area contributed by atoms with E-state index in [1.165, 1.54) is 18.4 Å². The summed E-state index contributed by atoms with van der Waals surface area (Å²) >= 11 is 6.87. The number of amides is 1. The highest BCUT2D eigenvalue weighted by Gasteiger charge is 2.29. The minimum absolute atomic E-state index is 0.108. The molecular weight excluding hydrogens is 460 g/mol. The van der Waals surface area contributed by atoms with Gasteiger partial charge in [0.25, 0.3) is 5.91 Å². The number of methoxy groups -OCH3 is 1. The van der Waals surface area contributed by atoms with Gasteiger partial charge in [-0.15, -0.1) is 11.3 Å². The quantitative estimate of drug-likeness (QED) is 0.470. The Hall–Kier alpha value is -2.85. The van der Waals surface area contributed by atoms with Gasteiger partial charge >= 0.3 is 5.97 Å². The second-order valence-corrected chi connectivity index (χ2v) is 9.03. The minimum atomic E-state index is -0.503. The van der Waals surface area contributed by atoms with Crippen LogP contribution in [0.25, 0.3) is 0 Å². The Labute approximate surface area is 203 Å². The van der Waals surface area contributed by atoms with Gasteiger partial charge < -0.3 is 29.9 Å². The highest BCUT2D eigenvalue weighted by molar-refractivity contribution is 7.80. The molecular formula is C23H30N4O4S2. The Bertz CT molecular complexity index is 1030. The van der Waals surface area contributed by atoms with Gasteiger partial charge in [-0.3, -0.25) is 4.79 Å². The monoisotopic (exact) mass is 490 g/mol. The molecule has 1 fully saturated rings. The SMILES string of the molecule is CCN(CC)C(=O)c1sc(NC(=S)N2CCN(c3ccccc3O)CC2)c(C(=O)OC)c1C. The number of hydrogen-bond acceptors (Lipinski definition) is 7. The standard InChI is InChI=1S/C23H30N4O4S2/c1-5-25(6-2)21(29)19-15(3)18(22(30)31-4)20(33-19)24-23(32)27-13-11-26(12-14-27)16-9-7-8-10-17(16)28/h7-10,28H,5-6,11-14H2,1-4H3,(H,24,32). The summed E-state index contributed by atoms with van der Waals surface area (Å²) < 4.78 is 4.98. The van der Waals surface area contributed by atoms with Crippen molar-refractivity contribution in [1.29, 1.82) is 0 Å². The highest BCUT2D eigenvalue weighted by Crippen LogP contribution is 2.35. The third-order valence-electron chi connectivity index (χ3n) is 5.79. The zero-order valence-electron chi connectivity index (χ0n) is 19.4. The van der Waals surface area contributed by atoms with E-state index >= 15 is 0 Å². The summed E-state index contributed by atoms with van der Waals surface area (Å²) in [7, 11) is 1.33. The van der Waals surface area contributed by atoms with E-state index in [-0.39, 0.29) is 11.7 Å². The number of hydrogen-bond donors (Lipinski definition) is 2. The number of phenols is 1. The van der Waals surface area contributed by atoms with Crippen LogP contribution >= 0.6 is 23.6 Å². The molecule has 2 aromatic rings. The lowest BCUT2D eigenvalue weighted by molar-refractivity contribution is 0.0601. The first-order valence-corrected chi connectivity index (χ1v) is 12.1. The number of para-hydroxylation sites is 2. The van der Waals surface area contributed by atoms with Crippen LogP contribution in [0.5, 0.6) is 5.75 Å². The predicted molar refractivity (Wildman–Crippen MR) is 136 cm³/mol. The maximum absolute atomic E-state index is 13.0. The molecule has 0 atom stereocenters. The van der Waals surface area contributed by atoms with E-state index in [2.05, 4.69) is 10.2 Å². The number of anilines is 2. The number of ether oxygens (including phenoxy) is 1. The van der Waals surface area contributed by atoms with E-state index in [4.69, 9.17) is 17.0 Å². The summed E-state index contributed by atoms with van der Waals surface area (Å²) in [5.41, 5.74) is 1.74. The Morgan fingerprint density at radius 3 is 2.39 bits per heavy atom. The van der Waals surface area contributed by atoms with Crippen molar-refractivity contribution < 1.29 is 19.4 Å². The maximum Gasteiger partial charge on any atom is 0.341 e. The number of benzene rings is 1. The van der Waals surface area contributed by atoms with Crippen LogP contribution in [0.3, 0.4) is 0 Å². The Kier molecular flexibility index (Phi) is 8.15. The molecule has 1 aliphatic rings. The topological polar surface area (TPSA) is 85.4 Å². The van der Waals surface area contributed by atoms with E-state index in [0.29, 0.717) is 65.4 Å². The van der Waals surface area contributed by atoms with E-state index in [1.54, 1.807) is 24.0 Å². The summed E-state index contributed by atoms with van der Waals surface area (Å²) in [4.78, 5) is 31.9. The average molecular weight is 491 g/mol. The molecule has 0 bridgehead atoms. The lowest BCUT2D eigenvalue weighted by atomic mass is 10.1. The number of nitrogens with zero attached hydrogens (tertiary/aromatic N) is 3. The van der Waals surface area contributed by atoms with Crippen molar-refractivity contribution in [3.8, 4) is 5.75 Å². The molecule has 3 rings (SSSR count). The van der Waals surface area contributed by atoms with Crippen molar-refractivity contribution in [2.45, 2.75) is 20.8 Å². The molecule has 1 saturated heterocycles. The largest absolute Gasteiger partial charge is 0.506 e. The Morgan fingerprint density at radius 1 is 1.18 bits per heavy atom. The van der Waals surface area contributed by atoms with Gasteiger partial charge in [-0.05, 0) is 50.7 Å². The second-order valence-electron chi connectivity index (χ2n) is 7.62. The number of nitrogens with one attached hydrogen (secondary N) is 1. The molecule has 0 unspecified atom stereocenters. The van der Waals surface area contributed by atoms with Crippen molar-refractivity contribution in [3.63, 3.8) is 0 Å². The van der Waals surface area contributed by atoms with Crippen molar-refractivity contribution >= 4 is 51.2 Å². The number of rotatable bonds is 6. The Balaban J connectivity index is 1.76. The van der Waals surface area contributed by atoms with Crippen LogP contribution in [0.1, 0.15) is 39.4 Å². The van der Waals surface area contributed by atoms with Crippen LogP contribution < -0.4 is 10.2 Å². The number of carbonyl (C=O) groups is 2. The van der Waals surface area contributed by atoms with Crippen molar-refractivity contribution in [2.24, 2.45) is 0 Å². The fraction of sp³-hybridized carbons (Fsp3) is 0.435. The number of carbonyl (C=O) groups excluding carboxylic acids is 2. The third-order valence-corrected chi connectivity index (χ3v) is 7.35. The van der Waals surface area contributed by atoms with Crippen molar-refractivity contribution in [1.82, 2.24) is 9.80 Å². The second kappa shape index (κ2) is 10.8. The average Bonchev–Trinajstić information content (AvgIpc) is 3.15. The fourth-order valence-electron chi connectivity index (χ4n) is 3.87. The minimum Gasteiger partial charge on any atom is -0.506 e. The van der Waals surface area contributed by atoms with Gasteiger partial charge in [-0.1, -0.05) is 12.1 Å². The number of thiocarbonyl (C=S) groups is 1. The summed E-state index contributed by atoms with van der Waals surface area (Å²) in [6.07, 6.45) is 0. The molecule has 1 amide bonds. The molecule has 10 heteroatoms. The molecule has 0 radical (unpaired) electrons. The van der Waals surface area contributed by atoms with E-state index < -0.39 is 5.97 Å². The molecule has 2 N–H and O–H groups in total. The van der Waals surface area contributed by atoms with Crippen LogP contribution in [0.15, 0.2) is 24.3 Å². The van der Waals surface area contributed by atoms with Crippen LogP contribution in [0, 0.1) is 6.92 Å². The number of esters is 1. The summed E-state index contributed by atoms with van der Waals surface area (Å²) in [6.45, 7) is 9.48. The number of piperazine rings is 1. The molecule has 1 aromatic heterocycles. The lowest BCUT2D eigenvalue weighted by Gasteiger charge is -2.37. The van der Waals surface area contributed by atoms with E-state index in [1.807, 2.05) is 30.9 Å². The van der Waals surface area contributed by atoms with Crippen LogP contribution in [0.2, 0.25) is 0 Å². The maximum atomic E-state index is 13.0. The molecule has 178 valence electrons. The van der Waals surface area contributed by atoms with Gasteiger partial charge in [0.15, 0.2) is 5.11 Å². The number of thiophene rings is 1. The lowest BCUT2D eigenvalue weighted by Crippen LogP contribution is -2.50.